The van der Waals surface area contributed by atoms with Crippen molar-refractivity contribution < 1.29 is 19.2 Å². The molecule has 8 heteroatoms. The van der Waals surface area contributed by atoms with Gasteiger partial charge >= 0.3 is 0 Å². The average molecular weight is 443 g/mol. The van der Waals surface area contributed by atoms with Crippen LogP contribution in [0.25, 0.3) is 6.08 Å². The summed E-state index contributed by atoms with van der Waals surface area (Å²) in [5.41, 5.74) is 2.71. The Bertz CT molecular complexity index is 1260. The number of nitro groups is 1. The third-order valence-corrected chi connectivity index (χ3v) is 4.66. The Hall–Kier alpha value is -4.64. The highest BCUT2D eigenvalue weighted by Gasteiger charge is 2.12. The van der Waals surface area contributed by atoms with E-state index in [-0.39, 0.29) is 17.9 Å². The van der Waals surface area contributed by atoms with E-state index in [0.29, 0.717) is 28.3 Å². The molecule has 166 valence electrons. The number of nitrogens with zero attached hydrogens (tertiary/aromatic N) is 2. The van der Waals surface area contributed by atoms with Crippen LogP contribution in [0.2, 0.25) is 0 Å². The maximum Gasteiger partial charge on any atom is 0.269 e. The molecule has 0 saturated heterocycles. The molecule has 0 aliphatic carbocycles. The number of ether oxygens (including phenoxy) is 2. The second-order valence-electron chi connectivity index (χ2n) is 7.12. The highest BCUT2D eigenvalue weighted by Crippen LogP contribution is 2.30. The number of nitrogens with one attached hydrogen (secondary N) is 1. The van der Waals surface area contributed by atoms with Gasteiger partial charge in [-0.05, 0) is 54.0 Å². The summed E-state index contributed by atoms with van der Waals surface area (Å²) in [5.74, 6) is 0.294. The summed E-state index contributed by atoms with van der Waals surface area (Å²) >= 11 is 0. The topological polar surface area (TPSA) is 114 Å². The third kappa shape index (κ3) is 6.18. The number of benzene rings is 3. The molecule has 0 aliphatic heterocycles. The molecule has 0 saturated carbocycles. The number of nitriles is 1. The largest absolute Gasteiger partial charge is 0.493 e. The number of amides is 1. The molecule has 0 heterocycles. The Kier molecular flexibility index (Phi) is 7.39. The van der Waals surface area contributed by atoms with Crippen LogP contribution in [-0.4, -0.2) is 17.9 Å². The first-order valence-electron chi connectivity index (χ1n) is 9.93. The van der Waals surface area contributed by atoms with Crippen molar-refractivity contribution in [3.8, 4) is 17.6 Å². The predicted octanol–water partition coefficient (Wildman–Crippen LogP) is 5.04. The maximum atomic E-state index is 12.5. The van der Waals surface area contributed by atoms with Gasteiger partial charge in [-0.2, -0.15) is 5.26 Å². The van der Waals surface area contributed by atoms with E-state index in [1.165, 1.54) is 25.3 Å². The number of carbonyl (C=O) groups excluding carboxylic acids is 1. The molecular formula is C25H21N3O5. The van der Waals surface area contributed by atoms with Gasteiger partial charge < -0.3 is 14.8 Å². The van der Waals surface area contributed by atoms with Gasteiger partial charge in [-0.15, -0.1) is 0 Å². The molecule has 0 bridgehead atoms. The van der Waals surface area contributed by atoms with Crippen molar-refractivity contribution >= 4 is 23.4 Å². The Morgan fingerprint density at radius 3 is 2.61 bits per heavy atom. The number of methoxy groups -OCH3 is 1. The number of non-ortho nitro benzene ring substituents is 1. The molecule has 0 atom stereocenters. The van der Waals surface area contributed by atoms with Gasteiger partial charge in [0.25, 0.3) is 11.6 Å². The SMILES string of the molecule is COc1cc(/C=C(/C#N)C(=O)Nc2cccc(C)c2)ccc1OCc1cccc([N+](=O)[O-])c1. The summed E-state index contributed by atoms with van der Waals surface area (Å²) in [5, 5.41) is 23.1. The fourth-order valence-electron chi connectivity index (χ4n) is 3.05. The summed E-state index contributed by atoms with van der Waals surface area (Å²) < 4.78 is 11.1. The van der Waals surface area contributed by atoms with Crippen LogP contribution in [0.1, 0.15) is 16.7 Å². The molecule has 33 heavy (non-hydrogen) atoms. The Morgan fingerprint density at radius 2 is 1.91 bits per heavy atom. The van der Waals surface area contributed by atoms with Crippen LogP contribution >= 0.6 is 0 Å². The van der Waals surface area contributed by atoms with E-state index >= 15 is 0 Å². The van der Waals surface area contributed by atoms with Crippen molar-refractivity contribution in [2.24, 2.45) is 0 Å². The predicted molar refractivity (Wildman–Crippen MR) is 124 cm³/mol. The third-order valence-electron chi connectivity index (χ3n) is 4.66. The molecular weight excluding hydrogens is 422 g/mol. The normalized spacial score (nSPS) is 10.8. The number of anilines is 1. The molecule has 0 fully saturated rings. The second kappa shape index (κ2) is 10.6. The molecule has 3 rings (SSSR count). The van der Waals surface area contributed by atoms with Crippen molar-refractivity contribution in [1.82, 2.24) is 0 Å². The highest BCUT2D eigenvalue weighted by atomic mass is 16.6. The van der Waals surface area contributed by atoms with Crippen LogP contribution in [0.5, 0.6) is 11.5 Å². The minimum Gasteiger partial charge on any atom is -0.493 e. The number of nitro benzene ring substituents is 1. The molecule has 8 nitrogen and oxygen atoms in total. The first-order valence-corrected chi connectivity index (χ1v) is 9.93. The number of rotatable bonds is 8. The van der Waals surface area contributed by atoms with Crippen LogP contribution < -0.4 is 14.8 Å². The summed E-state index contributed by atoms with van der Waals surface area (Å²) in [6.07, 6.45) is 1.46. The van der Waals surface area contributed by atoms with Crippen LogP contribution in [0.3, 0.4) is 0 Å². The quantitative estimate of drug-likeness (QED) is 0.226. The van der Waals surface area contributed by atoms with E-state index in [1.807, 2.05) is 31.2 Å². The molecule has 3 aromatic rings. The van der Waals surface area contributed by atoms with Gasteiger partial charge in [0.05, 0.1) is 12.0 Å². The smallest absolute Gasteiger partial charge is 0.269 e. The number of carbonyl (C=O) groups is 1. The maximum absolute atomic E-state index is 12.5. The van der Waals surface area contributed by atoms with Crippen molar-refractivity contribution in [2.75, 3.05) is 12.4 Å². The summed E-state index contributed by atoms with van der Waals surface area (Å²) in [6, 6.07) is 20.3. The summed E-state index contributed by atoms with van der Waals surface area (Å²) in [7, 11) is 1.47. The van der Waals surface area contributed by atoms with Crippen LogP contribution in [-0.2, 0) is 11.4 Å². The first kappa shape index (κ1) is 23.0. The molecule has 0 spiro atoms. The number of aryl methyl sites for hydroxylation is 1. The van der Waals surface area contributed by atoms with E-state index in [9.17, 15) is 20.2 Å². The van der Waals surface area contributed by atoms with Gasteiger partial charge in [0, 0.05) is 17.8 Å². The average Bonchev–Trinajstić information content (AvgIpc) is 2.81. The van der Waals surface area contributed by atoms with E-state index in [2.05, 4.69) is 5.32 Å². The van der Waals surface area contributed by atoms with E-state index in [1.54, 1.807) is 36.4 Å². The minimum atomic E-state index is -0.520. The van der Waals surface area contributed by atoms with Gasteiger partial charge in [0.2, 0.25) is 0 Å². The Morgan fingerprint density at radius 1 is 1.12 bits per heavy atom. The number of hydrogen-bond donors (Lipinski definition) is 1. The summed E-state index contributed by atoms with van der Waals surface area (Å²) in [4.78, 5) is 23.0. The zero-order valence-corrected chi connectivity index (χ0v) is 18.1. The fourth-order valence-corrected chi connectivity index (χ4v) is 3.05. The highest BCUT2D eigenvalue weighted by molar-refractivity contribution is 6.09. The van der Waals surface area contributed by atoms with Crippen LogP contribution in [0.4, 0.5) is 11.4 Å². The van der Waals surface area contributed by atoms with E-state index in [0.717, 1.165) is 5.56 Å². The van der Waals surface area contributed by atoms with Crippen LogP contribution in [0.15, 0.2) is 72.3 Å². The van der Waals surface area contributed by atoms with Gasteiger partial charge in [-0.25, -0.2) is 0 Å². The van der Waals surface area contributed by atoms with Crippen molar-refractivity contribution in [2.45, 2.75) is 13.5 Å². The van der Waals surface area contributed by atoms with Gasteiger partial charge in [0.15, 0.2) is 11.5 Å². The zero-order chi connectivity index (χ0) is 23.8. The molecule has 3 aromatic carbocycles. The fraction of sp³-hybridized carbons (Fsp3) is 0.120. The van der Waals surface area contributed by atoms with Gasteiger partial charge in [-0.1, -0.05) is 30.3 Å². The summed E-state index contributed by atoms with van der Waals surface area (Å²) in [6.45, 7) is 2.02. The number of hydrogen-bond acceptors (Lipinski definition) is 6. The van der Waals surface area contributed by atoms with Gasteiger partial charge in [-0.3, -0.25) is 14.9 Å². The molecule has 0 aliphatic rings. The molecule has 0 aromatic heterocycles. The van der Waals surface area contributed by atoms with Gasteiger partial charge in [0.1, 0.15) is 18.2 Å². The molecule has 0 radical (unpaired) electrons. The first-order chi connectivity index (χ1) is 15.9. The van der Waals surface area contributed by atoms with Crippen molar-refractivity contribution in [3.63, 3.8) is 0 Å². The zero-order valence-electron chi connectivity index (χ0n) is 18.1. The Labute approximate surface area is 190 Å². The minimum absolute atomic E-state index is 0.0171. The van der Waals surface area contributed by atoms with Crippen molar-refractivity contribution in [3.05, 3.63) is 99.1 Å². The molecule has 1 N–H and O–H groups in total. The lowest BCUT2D eigenvalue weighted by atomic mass is 10.1. The van der Waals surface area contributed by atoms with Crippen molar-refractivity contribution in [1.29, 1.82) is 5.26 Å². The second-order valence-corrected chi connectivity index (χ2v) is 7.12. The monoisotopic (exact) mass is 443 g/mol. The lowest BCUT2D eigenvalue weighted by Crippen LogP contribution is -2.13. The molecule has 1 amide bonds. The standard InChI is InChI=1S/C25H21N3O5/c1-17-5-3-7-21(11-17)27-25(29)20(15-26)12-18-9-10-23(24(14-18)32-2)33-16-19-6-4-8-22(13-19)28(30)31/h3-14H,16H2,1-2H3,(H,27,29)/b20-12-. The van der Waals surface area contributed by atoms with E-state index < -0.39 is 10.8 Å². The Balaban J connectivity index is 1.75. The van der Waals surface area contributed by atoms with E-state index in [4.69, 9.17) is 9.47 Å². The lowest BCUT2D eigenvalue weighted by Gasteiger charge is -2.12. The van der Waals surface area contributed by atoms with Crippen LogP contribution in [0, 0.1) is 28.4 Å². The molecule has 0 unspecified atom stereocenters. The lowest BCUT2D eigenvalue weighted by molar-refractivity contribution is -0.384.